The Morgan fingerprint density at radius 2 is 1.72 bits per heavy atom. The predicted octanol–water partition coefficient (Wildman–Crippen LogP) is 2.75. The summed E-state index contributed by atoms with van der Waals surface area (Å²) in [6.07, 6.45) is 0.840. The third-order valence-corrected chi connectivity index (χ3v) is 2.16. The van der Waals surface area contributed by atoms with Gasteiger partial charge in [-0.2, -0.15) is 0 Å². The second-order valence-corrected chi connectivity index (χ2v) is 3.41. The molecule has 1 heterocycles. The van der Waals surface area contributed by atoms with Crippen molar-refractivity contribution >= 4 is 11.6 Å². The first kappa shape index (κ1) is 12.1. The quantitative estimate of drug-likeness (QED) is 0.892. The Labute approximate surface area is 100 Å². The van der Waals surface area contributed by atoms with E-state index >= 15 is 0 Å². The van der Waals surface area contributed by atoms with Crippen LogP contribution in [0.25, 0.3) is 0 Å². The van der Waals surface area contributed by atoms with E-state index in [2.05, 4.69) is 4.98 Å². The number of amides is 1. The minimum Gasteiger partial charge on any atom is -0.316 e. The Balaban J connectivity index is 2.24. The molecule has 0 radical (unpaired) electrons. The molecule has 3 nitrogen and oxygen atoms in total. The number of nitrogens with zero attached hydrogens (tertiary/aromatic N) is 1. The first-order valence-electron chi connectivity index (χ1n) is 4.95. The van der Waals surface area contributed by atoms with Gasteiger partial charge in [0.2, 0.25) is 0 Å². The van der Waals surface area contributed by atoms with Gasteiger partial charge in [0.1, 0.15) is 28.8 Å². The molecular formula is C12H7F3N2O. The van der Waals surface area contributed by atoms with Crippen LogP contribution in [0.3, 0.4) is 0 Å². The van der Waals surface area contributed by atoms with E-state index in [4.69, 9.17) is 0 Å². The van der Waals surface area contributed by atoms with Crippen molar-refractivity contribution in [2.24, 2.45) is 0 Å². The molecule has 1 aromatic heterocycles. The maximum absolute atomic E-state index is 13.3. The SMILES string of the molecule is O=C(Nc1c(F)cccc1F)c1ccc(F)cn1. The van der Waals surface area contributed by atoms with E-state index in [1.54, 1.807) is 0 Å². The van der Waals surface area contributed by atoms with Gasteiger partial charge in [0.25, 0.3) is 5.91 Å². The number of hydrogen-bond donors (Lipinski definition) is 1. The Morgan fingerprint density at radius 3 is 2.28 bits per heavy atom. The van der Waals surface area contributed by atoms with Crippen molar-refractivity contribution in [3.05, 3.63) is 59.7 Å². The van der Waals surface area contributed by atoms with Crippen molar-refractivity contribution in [3.63, 3.8) is 0 Å². The van der Waals surface area contributed by atoms with Gasteiger partial charge in [-0.15, -0.1) is 0 Å². The lowest BCUT2D eigenvalue weighted by Gasteiger charge is -2.06. The molecule has 0 bridgehead atoms. The fourth-order valence-electron chi connectivity index (χ4n) is 1.30. The summed E-state index contributed by atoms with van der Waals surface area (Å²) in [5, 5.41) is 2.04. The number of nitrogens with one attached hydrogen (secondary N) is 1. The first-order valence-corrected chi connectivity index (χ1v) is 4.95. The number of hydrogen-bond acceptors (Lipinski definition) is 2. The zero-order chi connectivity index (χ0) is 13.1. The molecule has 18 heavy (non-hydrogen) atoms. The van der Waals surface area contributed by atoms with Crippen LogP contribution in [0.2, 0.25) is 0 Å². The van der Waals surface area contributed by atoms with Gasteiger partial charge in [-0.25, -0.2) is 18.2 Å². The molecule has 0 unspecified atom stereocenters. The molecule has 0 saturated heterocycles. The largest absolute Gasteiger partial charge is 0.316 e. The highest BCUT2D eigenvalue weighted by Gasteiger charge is 2.14. The summed E-state index contributed by atoms with van der Waals surface area (Å²) >= 11 is 0. The van der Waals surface area contributed by atoms with Crippen LogP contribution in [0.5, 0.6) is 0 Å². The van der Waals surface area contributed by atoms with E-state index in [-0.39, 0.29) is 5.69 Å². The van der Waals surface area contributed by atoms with E-state index in [0.717, 1.165) is 30.5 Å². The number of para-hydroxylation sites is 1. The lowest BCUT2D eigenvalue weighted by molar-refractivity contribution is 0.102. The number of benzene rings is 1. The number of carbonyl (C=O) groups excluding carboxylic acids is 1. The number of rotatable bonds is 2. The molecule has 92 valence electrons. The molecule has 0 aliphatic carbocycles. The van der Waals surface area contributed by atoms with Crippen molar-refractivity contribution in [1.29, 1.82) is 0 Å². The molecule has 0 atom stereocenters. The predicted molar refractivity (Wildman–Crippen MR) is 58.5 cm³/mol. The maximum atomic E-state index is 13.3. The minimum atomic E-state index is -0.898. The summed E-state index contributed by atoms with van der Waals surface area (Å²) in [5.74, 6) is -3.22. The number of pyridine rings is 1. The Bertz CT molecular complexity index is 564. The van der Waals surface area contributed by atoms with E-state index in [0.29, 0.717) is 0 Å². The molecule has 2 rings (SSSR count). The lowest BCUT2D eigenvalue weighted by Crippen LogP contribution is -2.15. The zero-order valence-corrected chi connectivity index (χ0v) is 8.95. The first-order chi connectivity index (χ1) is 8.58. The Morgan fingerprint density at radius 1 is 1.06 bits per heavy atom. The van der Waals surface area contributed by atoms with E-state index < -0.39 is 29.0 Å². The summed E-state index contributed by atoms with van der Waals surface area (Å²) in [6, 6.07) is 5.34. The van der Waals surface area contributed by atoms with Gasteiger partial charge < -0.3 is 5.32 Å². The molecular weight excluding hydrogens is 245 g/mol. The molecule has 1 amide bonds. The van der Waals surface area contributed by atoms with Crippen LogP contribution in [0.15, 0.2) is 36.5 Å². The van der Waals surface area contributed by atoms with Crippen molar-refractivity contribution in [2.75, 3.05) is 5.32 Å². The highest BCUT2D eigenvalue weighted by atomic mass is 19.1. The molecule has 6 heteroatoms. The van der Waals surface area contributed by atoms with Crippen molar-refractivity contribution in [3.8, 4) is 0 Å². The van der Waals surface area contributed by atoms with Crippen LogP contribution in [0.4, 0.5) is 18.9 Å². The van der Waals surface area contributed by atoms with Gasteiger partial charge in [0, 0.05) is 0 Å². The molecule has 0 saturated carbocycles. The number of aromatic nitrogens is 1. The van der Waals surface area contributed by atoms with E-state index in [1.807, 2.05) is 5.32 Å². The topological polar surface area (TPSA) is 42.0 Å². The molecule has 1 N–H and O–H groups in total. The molecule has 0 aliphatic rings. The van der Waals surface area contributed by atoms with Crippen LogP contribution < -0.4 is 5.32 Å². The Kier molecular flexibility index (Phi) is 3.27. The minimum absolute atomic E-state index is 0.140. The lowest BCUT2D eigenvalue weighted by atomic mass is 10.2. The fourth-order valence-corrected chi connectivity index (χ4v) is 1.30. The summed E-state index contributed by atoms with van der Waals surface area (Å²) in [5.41, 5.74) is -0.701. The molecule has 0 aliphatic heterocycles. The smallest absolute Gasteiger partial charge is 0.274 e. The van der Waals surface area contributed by atoms with Crippen LogP contribution in [-0.4, -0.2) is 10.9 Å². The van der Waals surface area contributed by atoms with Gasteiger partial charge in [-0.05, 0) is 24.3 Å². The number of carbonyl (C=O) groups is 1. The van der Waals surface area contributed by atoms with Crippen molar-refractivity contribution in [1.82, 2.24) is 4.98 Å². The average Bonchev–Trinajstić information content (AvgIpc) is 2.34. The van der Waals surface area contributed by atoms with E-state index in [9.17, 15) is 18.0 Å². The van der Waals surface area contributed by atoms with Gasteiger partial charge in [-0.3, -0.25) is 4.79 Å². The summed E-state index contributed by atoms with van der Waals surface area (Å²) in [6.45, 7) is 0. The second kappa shape index (κ2) is 4.87. The average molecular weight is 252 g/mol. The second-order valence-electron chi connectivity index (χ2n) is 3.41. The third-order valence-electron chi connectivity index (χ3n) is 2.16. The highest BCUT2D eigenvalue weighted by Crippen LogP contribution is 2.18. The van der Waals surface area contributed by atoms with Gasteiger partial charge >= 0.3 is 0 Å². The highest BCUT2D eigenvalue weighted by molar-refractivity contribution is 6.02. The molecule has 1 aromatic carbocycles. The summed E-state index contributed by atoms with van der Waals surface area (Å²) in [7, 11) is 0. The van der Waals surface area contributed by atoms with Crippen LogP contribution in [-0.2, 0) is 0 Å². The number of halogens is 3. The van der Waals surface area contributed by atoms with Crippen LogP contribution in [0.1, 0.15) is 10.5 Å². The monoisotopic (exact) mass is 252 g/mol. The summed E-state index contributed by atoms with van der Waals surface area (Å²) in [4.78, 5) is 15.1. The molecule has 2 aromatic rings. The van der Waals surface area contributed by atoms with Crippen molar-refractivity contribution in [2.45, 2.75) is 0 Å². The zero-order valence-electron chi connectivity index (χ0n) is 8.95. The summed E-state index contributed by atoms with van der Waals surface area (Å²) < 4.78 is 39.1. The van der Waals surface area contributed by atoms with Crippen LogP contribution >= 0.6 is 0 Å². The molecule has 0 spiro atoms. The normalized spacial score (nSPS) is 10.2. The van der Waals surface area contributed by atoms with Gasteiger partial charge in [-0.1, -0.05) is 6.07 Å². The number of anilines is 1. The fraction of sp³-hybridized carbons (Fsp3) is 0. The van der Waals surface area contributed by atoms with E-state index in [1.165, 1.54) is 6.07 Å². The maximum Gasteiger partial charge on any atom is 0.274 e. The standard InChI is InChI=1S/C12H7F3N2O/c13-7-4-5-10(16-6-7)12(18)17-11-8(14)2-1-3-9(11)15/h1-6H,(H,17,18). The third kappa shape index (κ3) is 2.48. The van der Waals surface area contributed by atoms with Gasteiger partial charge in [0.05, 0.1) is 6.20 Å². The molecule has 0 fully saturated rings. The van der Waals surface area contributed by atoms with Gasteiger partial charge in [0.15, 0.2) is 0 Å². The van der Waals surface area contributed by atoms with Crippen LogP contribution in [0, 0.1) is 17.5 Å². The Hall–Kier alpha value is -2.37. The van der Waals surface area contributed by atoms with Crippen molar-refractivity contribution < 1.29 is 18.0 Å².